The zero-order valence-corrected chi connectivity index (χ0v) is 9.62. The number of nitrogens with zero attached hydrogens (tertiary/aromatic N) is 2. The summed E-state index contributed by atoms with van der Waals surface area (Å²) in [4.78, 5) is 10.1. The third-order valence-corrected chi connectivity index (χ3v) is 2.71. The van der Waals surface area contributed by atoms with E-state index >= 15 is 0 Å². The van der Waals surface area contributed by atoms with Gasteiger partial charge in [-0.25, -0.2) is 4.57 Å². The van der Waals surface area contributed by atoms with Crippen LogP contribution in [-0.2, 0) is 19.5 Å². The molecule has 1 aromatic carbocycles. The first-order valence-corrected chi connectivity index (χ1v) is 5.69. The molecule has 0 aliphatic carbocycles. The molecular formula is C14H15N2O+. The molecule has 1 heterocycles. The van der Waals surface area contributed by atoms with Crippen LogP contribution in [0.3, 0.4) is 0 Å². The van der Waals surface area contributed by atoms with Crippen LogP contribution in [0.4, 0.5) is 0 Å². The lowest BCUT2D eigenvalue weighted by molar-refractivity contribution is -0.696. The van der Waals surface area contributed by atoms with Crippen LogP contribution in [0.15, 0.2) is 60.0 Å². The molecule has 0 radical (unpaired) electrons. The van der Waals surface area contributed by atoms with Crippen molar-refractivity contribution in [2.75, 3.05) is 0 Å². The molecule has 1 aromatic heterocycles. The van der Waals surface area contributed by atoms with Gasteiger partial charge in [0.2, 0.25) is 0 Å². The van der Waals surface area contributed by atoms with Gasteiger partial charge in [-0.05, 0) is 11.1 Å². The molecule has 0 amide bonds. The molecule has 0 fully saturated rings. The van der Waals surface area contributed by atoms with Gasteiger partial charge < -0.3 is 0 Å². The first-order chi connectivity index (χ1) is 8.38. The number of rotatable bonds is 5. The molecule has 0 N–H and O–H groups in total. The maximum absolute atomic E-state index is 10.1. The fraction of sp³-hybridized carbons (Fsp3) is 0.214. The van der Waals surface area contributed by atoms with Crippen LogP contribution in [0.25, 0.3) is 0 Å². The van der Waals surface area contributed by atoms with Crippen molar-refractivity contribution in [1.29, 1.82) is 0 Å². The molecule has 0 aliphatic heterocycles. The van der Waals surface area contributed by atoms with Crippen LogP contribution in [-0.4, -0.2) is 0 Å². The minimum Gasteiger partial charge on any atom is -0.205 e. The van der Waals surface area contributed by atoms with Crippen molar-refractivity contribution in [1.82, 2.24) is 0 Å². The van der Waals surface area contributed by atoms with Gasteiger partial charge in [0.1, 0.15) is 6.54 Å². The summed E-state index contributed by atoms with van der Waals surface area (Å²) >= 11 is 0. The van der Waals surface area contributed by atoms with Crippen LogP contribution in [0.5, 0.6) is 0 Å². The van der Waals surface area contributed by atoms with E-state index in [0.717, 1.165) is 18.5 Å². The van der Waals surface area contributed by atoms with Gasteiger partial charge in [-0.15, -0.1) is 0 Å². The highest BCUT2D eigenvalue weighted by molar-refractivity contribution is 5.14. The van der Waals surface area contributed by atoms with Crippen molar-refractivity contribution in [3.05, 3.63) is 70.9 Å². The number of hydrogen-bond donors (Lipinski definition) is 0. The SMILES string of the molecule is O=NCc1cc[n+](CCc2ccccc2)cc1. The second-order valence-corrected chi connectivity index (χ2v) is 3.97. The molecule has 86 valence electrons. The molecule has 0 atom stereocenters. The smallest absolute Gasteiger partial charge is 0.169 e. The molecular weight excluding hydrogens is 212 g/mol. The van der Waals surface area contributed by atoms with E-state index in [2.05, 4.69) is 34.0 Å². The maximum atomic E-state index is 10.1. The average molecular weight is 227 g/mol. The minimum absolute atomic E-state index is 0.250. The van der Waals surface area contributed by atoms with Gasteiger partial charge in [-0.2, -0.15) is 4.91 Å². The summed E-state index contributed by atoms with van der Waals surface area (Å²) < 4.78 is 2.11. The first-order valence-electron chi connectivity index (χ1n) is 5.69. The highest BCUT2D eigenvalue weighted by atomic mass is 16.3. The summed E-state index contributed by atoms with van der Waals surface area (Å²) in [6.45, 7) is 1.19. The van der Waals surface area contributed by atoms with Crippen molar-refractivity contribution < 1.29 is 4.57 Å². The monoisotopic (exact) mass is 227 g/mol. The maximum Gasteiger partial charge on any atom is 0.169 e. The van der Waals surface area contributed by atoms with Crippen molar-refractivity contribution in [3.63, 3.8) is 0 Å². The third-order valence-electron chi connectivity index (χ3n) is 2.71. The fourth-order valence-corrected chi connectivity index (χ4v) is 1.72. The Hall–Kier alpha value is -2.03. The van der Waals surface area contributed by atoms with E-state index in [-0.39, 0.29) is 6.54 Å². The Kier molecular flexibility index (Phi) is 3.97. The molecule has 2 aromatic rings. The molecule has 0 unspecified atom stereocenters. The molecule has 2 rings (SSSR count). The molecule has 0 saturated heterocycles. The number of nitroso groups, excluding NO2 is 1. The quantitative estimate of drug-likeness (QED) is 0.570. The molecule has 0 aliphatic rings. The van der Waals surface area contributed by atoms with Crippen LogP contribution in [0.2, 0.25) is 0 Å². The molecule has 0 saturated carbocycles. The average Bonchev–Trinajstić information content (AvgIpc) is 2.40. The predicted molar refractivity (Wildman–Crippen MR) is 66.3 cm³/mol. The van der Waals surface area contributed by atoms with E-state index in [1.807, 2.05) is 30.6 Å². The topological polar surface area (TPSA) is 33.3 Å². The van der Waals surface area contributed by atoms with Gasteiger partial charge in [-0.1, -0.05) is 35.5 Å². The molecule has 0 bridgehead atoms. The zero-order valence-electron chi connectivity index (χ0n) is 9.62. The fourth-order valence-electron chi connectivity index (χ4n) is 1.72. The van der Waals surface area contributed by atoms with Crippen LogP contribution in [0, 0.1) is 4.91 Å². The summed E-state index contributed by atoms with van der Waals surface area (Å²) in [5, 5.41) is 2.87. The molecule has 0 spiro atoms. The number of aromatic nitrogens is 1. The van der Waals surface area contributed by atoms with Crippen LogP contribution in [0.1, 0.15) is 11.1 Å². The Morgan fingerprint density at radius 1 is 0.941 bits per heavy atom. The standard InChI is InChI=1S/C14H15N2O/c17-15-12-14-7-10-16(11-8-14)9-6-13-4-2-1-3-5-13/h1-5,7-8,10-11H,6,9,12H2/q+1. The summed E-state index contributed by atoms with van der Waals surface area (Å²) in [6.07, 6.45) is 4.99. The van der Waals surface area contributed by atoms with Gasteiger partial charge in [-0.3, -0.25) is 0 Å². The van der Waals surface area contributed by atoms with Gasteiger partial charge in [0.15, 0.2) is 18.9 Å². The second-order valence-electron chi connectivity index (χ2n) is 3.97. The lowest BCUT2D eigenvalue weighted by Crippen LogP contribution is -2.33. The van der Waals surface area contributed by atoms with Gasteiger partial charge in [0, 0.05) is 18.6 Å². The molecule has 3 heteroatoms. The van der Waals surface area contributed by atoms with E-state index in [9.17, 15) is 4.91 Å². The Bertz CT molecular complexity index is 465. The first kappa shape index (κ1) is 11.5. The van der Waals surface area contributed by atoms with Crippen molar-refractivity contribution >= 4 is 0 Å². The van der Waals surface area contributed by atoms with Gasteiger partial charge in [0.05, 0.1) is 0 Å². The second kappa shape index (κ2) is 5.89. The minimum atomic E-state index is 0.250. The summed E-state index contributed by atoms with van der Waals surface area (Å²) in [6, 6.07) is 14.3. The van der Waals surface area contributed by atoms with E-state index in [1.165, 1.54) is 5.56 Å². The Morgan fingerprint density at radius 2 is 1.65 bits per heavy atom. The van der Waals surface area contributed by atoms with Crippen molar-refractivity contribution in [2.24, 2.45) is 5.18 Å². The van der Waals surface area contributed by atoms with Crippen LogP contribution >= 0.6 is 0 Å². The number of aryl methyl sites for hydroxylation is 2. The summed E-state index contributed by atoms with van der Waals surface area (Å²) in [5.41, 5.74) is 2.29. The lowest BCUT2D eigenvalue weighted by Gasteiger charge is -1.99. The van der Waals surface area contributed by atoms with Gasteiger partial charge in [0.25, 0.3) is 0 Å². The van der Waals surface area contributed by atoms with E-state index in [1.54, 1.807) is 0 Å². The van der Waals surface area contributed by atoms with Crippen molar-refractivity contribution in [2.45, 2.75) is 19.5 Å². The Balaban J connectivity index is 1.93. The van der Waals surface area contributed by atoms with Crippen LogP contribution < -0.4 is 4.57 Å². The number of pyridine rings is 1. The van der Waals surface area contributed by atoms with E-state index in [0.29, 0.717) is 0 Å². The lowest BCUT2D eigenvalue weighted by atomic mass is 10.1. The highest BCUT2D eigenvalue weighted by Crippen LogP contribution is 2.00. The zero-order chi connectivity index (χ0) is 11.9. The largest absolute Gasteiger partial charge is 0.205 e. The summed E-state index contributed by atoms with van der Waals surface area (Å²) in [5.74, 6) is 0. The summed E-state index contributed by atoms with van der Waals surface area (Å²) in [7, 11) is 0. The van der Waals surface area contributed by atoms with E-state index in [4.69, 9.17) is 0 Å². The Morgan fingerprint density at radius 3 is 2.29 bits per heavy atom. The van der Waals surface area contributed by atoms with Crippen molar-refractivity contribution in [3.8, 4) is 0 Å². The Labute approximate surface area is 101 Å². The number of hydrogen-bond acceptors (Lipinski definition) is 2. The predicted octanol–water partition coefficient (Wildman–Crippen LogP) is 2.48. The molecule has 17 heavy (non-hydrogen) atoms. The highest BCUT2D eigenvalue weighted by Gasteiger charge is 2.01. The molecule has 3 nitrogen and oxygen atoms in total. The van der Waals surface area contributed by atoms with E-state index < -0.39 is 0 Å². The van der Waals surface area contributed by atoms with Gasteiger partial charge >= 0.3 is 0 Å². The normalized spacial score (nSPS) is 10.1. The number of benzene rings is 1. The third kappa shape index (κ3) is 3.48.